The van der Waals surface area contributed by atoms with Gasteiger partial charge in [-0.25, -0.2) is 9.97 Å². The average molecular weight is 410 g/mol. The number of hydrogen-bond acceptors (Lipinski definition) is 6. The van der Waals surface area contributed by atoms with Gasteiger partial charge in [-0.2, -0.15) is 0 Å². The number of benzene rings is 2. The minimum absolute atomic E-state index is 0.117. The third-order valence-corrected chi connectivity index (χ3v) is 6.04. The Morgan fingerprint density at radius 1 is 1.10 bits per heavy atom. The molecule has 0 bridgehead atoms. The minimum Gasteiger partial charge on any atom is -0.497 e. The third-order valence-electron chi connectivity index (χ3n) is 5.78. The van der Waals surface area contributed by atoms with Gasteiger partial charge < -0.3 is 14.4 Å². The molecular formula is C22H20ClN3O3. The summed E-state index contributed by atoms with van der Waals surface area (Å²) in [5, 5.41) is 0.398. The van der Waals surface area contributed by atoms with Gasteiger partial charge in [0.05, 0.1) is 30.1 Å². The van der Waals surface area contributed by atoms with E-state index in [9.17, 15) is 4.79 Å². The van der Waals surface area contributed by atoms with Crippen LogP contribution in [-0.2, 0) is 0 Å². The number of fused-ring (bicyclic) bond motifs is 2. The van der Waals surface area contributed by atoms with Crippen molar-refractivity contribution in [3.05, 3.63) is 53.2 Å². The minimum atomic E-state index is -0.496. The molecule has 3 heterocycles. The Bertz CT molecular complexity index is 1110. The second-order valence-corrected chi connectivity index (χ2v) is 7.92. The summed E-state index contributed by atoms with van der Waals surface area (Å²) in [6.45, 7) is 1.39. The van der Waals surface area contributed by atoms with Crippen molar-refractivity contribution in [3.8, 4) is 11.5 Å². The van der Waals surface area contributed by atoms with Crippen LogP contribution in [0.5, 0.6) is 11.5 Å². The highest BCUT2D eigenvalue weighted by Gasteiger charge is 2.43. The van der Waals surface area contributed by atoms with E-state index in [1.165, 1.54) is 0 Å². The van der Waals surface area contributed by atoms with Gasteiger partial charge in [0, 0.05) is 32.0 Å². The third kappa shape index (κ3) is 3.17. The van der Waals surface area contributed by atoms with Gasteiger partial charge in [-0.3, -0.25) is 4.79 Å². The molecule has 0 aliphatic carbocycles. The Morgan fingerprint density at radius 3 is 2.55 bits per heavy atom. The summed E-state index contributed by atoms with van der Waals surface area (Å²) in [7, 11) is 1.61. The van der Waals surface area contributed by atoms with Crippen molar-refractivity contribution in [2.75, 3.05) is 25.1 Å². The quantitative estimate of drug-likeness (QED) is 0.629. The molecule has 2 aromatic carbocycles. The molecule has 3 aromatic rings. The summed E-state index contributed by atoms with van der Waals surface area (Å²) in [4.78, 5) is 24.1. The molecule has 7 heteroatoms. The maximum Gasteiger partial charge on any atom is 0.172 e. The largest absolute Gasteiger partial charge is 0.497 e. The topological polar surface area (TPSA) is 64.6 Å². The number of anilines is 1. The van der Waals surface area contributed by atoms with E-state index in [0.29, 0.717) is 60.4 Å². The lowest BCUT2D eigenvalue weighted by atomic mass is 9.82. The lowest BCUT2D eigenvalue weighted by molar-refractivity contribution is 0.0229. The van der Waals surface area contributed by atoms with Crippen LogP contribution < -0.4 is 14.4 Å². The highest BCUT2D eigenvalue weighted by molar-refractivity contribution is 6.32. The summed E-state index contributed by atoms with van der Waals surface area (Å²) in [6, 6.07) is 13.1. The van der Waals surface area contributed by atoms with Crippen molar-refractivity contribution < 1.29 is 14.3 Å². The Balaban J connectivity index is 1.39. The molecule has 5 rings (SSSR count). The van der Waals surface area contributed by atoms with E-state index < -0.39 is 5.60 Å². The summed E-state index contributed by atoms with van der Waals surface area (Å²) >= 11 is 6.42. The van der Waals surface area contributed by atoms with Crippen molar-refractivity contribution in [2.24, 2.45) is 0 Å². The number of piperidine rings is 1. The number of aromatic nitrogens is 2. The predicted octanol–water partition coefficient (Wildman–Crippen LogP) is 4.30. The van der Waals surface area contributed by atoms with Crippen molar-refractivity contribution in [1.82, 2.24) is 9.97 Å². The van der Waals surface area contributed by atoms with Gasteiger partial charge in [-0.15, -0.1) is 0 Å². The lowest BCUT2D eigenvalue weighted by Crippen LogP contribution is -2.51. The monoisotopic (exact) mass is 409 g/mol. The molecule has 0 N–H and O–H groups in total. The van der Waals surface area contributed by atoms with Crippen LogP contribution in [-0.4, -0.2) is 41.6 Å². The number of hydrogen-bond donors (Lipinski definition) is 0. The summed E-state index contributed by atoms with van der Waals surface area (Å²) in [5.41, 5.74) is 1.73. The van der Waals surface area contributed by atoms with Gasteiger partial charge in [-0.05, 0) is 24.3 Å². The van der Waals surface area contributed by atoms with E-state index in [2.05, 4.69) is 9.88 Å². The van der Waals surface area contributed by atoms with Crippen molar-refractivity contribution in [1.29, 1.82) is 0 Å². The maximum atomic E-state index is 12.7. The van der Waals surface area contributed by atoms with Gasteiger partial charge in [0.2, 0.25) is 0 Å². The van der Waals surface area contributed by atoms with Crippen LogP contribution in [0.3, 0.4) is 0 Å². The predicted molar refractivity (Wildman–Crippen MR) is 111 cm³/mol. The number of halogens is 1. The smallest absolute Gasteiger partial charge is 0.172 e. The highest BCUT2D eigenvalue weighted by atomic mass is 35.5. The van der Waals surface area contributed by atoms with Gasteiger partial charge in [0.15, 0.2) is 16.8 Å². The van der Waals surface area contributed by atoms with Crippen molar-refractivity contribution in [3.63, 3.8) is 0 Å². The van der Waals surface area contributed by atoms with Crippen molar-refractivity contribution >= 4 is 34.2 Å². The van der Waals surface area contributed by atoms with Crippen molar-refractivity contribution in [2.45, 2.75) is 24.9 Å². The van der Waals surface area contributed by atoms with Gasteiger partial charge in [0.1, 0.15) is 17.1 Å². The fourth-order valence-corrected chi connectivity index (χ4v) is 4.43. The molecule has 1 aromatic heterocycles. The van der Waals surface area contributed by atoms with Crippen LogP contribution in [0.1, 0.15) is 29.6 Å². The molecule has 0 atom stereocenters. The van der Waals surface area contributed by atoms with Gasteiger partial charge >= 0.3 is 0 Å². The normalized spacial score (nSPS) is 17.9. The number of para-hydroxylation sites is 2. The van der Waals surface area contributed by atoms with Crippen LogP contribution >= 0.6 is 11.6 Å². The van der Waals surface area contributed by atoms with E-state index in [1.807, 2.05) is 24.3 Å². The molecule has 0 amide bonds. The first-order valence-electron chi connectivity index (χ1n) is 9.64. The van der Waals surface area contributed by atoms with E-state index in [4.69, 9.17) is 26.1 Å². The molecule has 29 heavy (non-hydrogen) atoms. The van der Waals surface area contributed by atoms with E-state index in [0.717, 1.165) is 11.0 Å². The first-order chi connectivity index (χ1) is 14.1. The summed E-state index contributed by atoms with van der Waals surface area (Å²) in [6.07, 6.45) is 1.80. The second-order valence-electron chi connectivity index (χ2n) is 7.56. The van der Waals surface area contributed by atoms with E-state index >= 15 is 0 Å². The Kier molecular flexibility index (Phi) is 4.32. The SMILES string of the molecule is COc1ccc2c(c1)OC1(CCN(c3nc4ccccc4nc3Cl)CC1)CC2=O. The molecule has 0 unspecified atom stereocenters. The second kappa shape index (κ2) is 6.88. The number of ketones is 1. The van der Waals surface area contributed by atoms with Crippen LogP contribution in [0.25, 0.3) is 11.0 Å². The Labute approximate surface area is 173 Å². The lowest BCUT2D eigenvalue weighted by Gasteiger charge is -2.44. The molecule has 2 aliphatic heterocycles. The molecule has 6 nitrogen and oxygen atoms in total. The number of Topliss-reactive ketones (excluding diaryl/α,β-unsaturated/α-hetero) is 1. The molecular weight excluding hydrogens is 390 g/mol. The first kappa shape index (κ1) is 18.2. The van der Waals surface area contributed by atoms with Gasteiger partial charge in [-0.1, -0.05) is 23.7 Å². The molecule has 0 saturated carbocycles. The summed E-state index contributed by atoms with van der Waals surface area (Å²) in [5.74, 6) is 2.09. The number of carbonyl (C=O) groups excluding carboxylic acids is 1. The van der Waals surface area contributed by atoms with Crippen LogP contribution in [0.15, 0.2) is 42.5 Å². The number of nitrogens with zero attached hydrogens (tertiary/aromatic N) is 3. The zero-order valence-corrected chi connectivity index (χ0v) is 16.8. The van der Waals surface area contributed by atoms with Crippen LogP contribution in [0, 0.1) is 0 Å². The maximum absolute atomic E-state index is 12.7. The summed E-state index contributed by atoms with van der Waals surface area (Å²) < 4.78 is 11.6. The van der Waals surface area contributed by atoms with E-state index in [1.54, 1.807) is 25.3 Å². The van der Waals surface area contributed by atoms with Crippen LogP contribution in [0.4, 0.5) is 5.82 Å². The molecule has 2 aliphatic rings. The molecule has 148 valence electrons. The zero-order chi connectivity index (χ0) is 20.0. The number of rotatable bonds is 2. The number of methoxy groups -OCH3 is 1. The standard InChI is InChI=1S/C22H20ClN3O3/c1-28-14-6-7-15-18(27)13-22(29-19(15)12-14)8-10-26(11-9-22)21-20(23)24-16-4-2-3-5-17(16)25-21/h2-7,12H,8-11,13H2,1H3. The highest BCUT2D eigenvalue weighted by Crippen LogP contribution is 2.41. The Morgan fingerprint density at radius 2 is 1.83 bits per heavy atom. The fraction of sp³-hybridized carbons (Fsp3) is 0.318. The van der Waals surface area contributed by atoms with Crippen LogP contribution in [0.2, 0.25) is 5.15 Å². The molecule has 1 fully saturated rings. The van der Waals surface area contributed by atoms with Gasteiger partial charge in [0.25, 0.3) is 0 Å². The van der Waals surface area contributed by atoms with E-state index in [-0.39, 0.29) is 5.78 Å². The number of carbonyl (C=O) groups is 1. The fourth-order valence-electron chi connectivity index (χ4n) is 4.18. The molecule has 1 saturated heterocycles. The zero-order valence-electron chi connectivity index (χ0n) is 16.0. The first-order valence-corrected chi connectivity index (χ1v) is 10.0. The average Bonchev–Trinajstić information content (AvgIpc) is 2.73. The molecule has 0 radical (unpaired) electrons. The molecule has 1 spiro atoms. The Hall–Kier alpha value is -2.86. The number of ether oxygens (including phenoxy) is 2.